The van der Waals surface area contributed by atoms with E-state index in [4.69, 9.17) is 4.74 Å². The second-order valence-electron chi connectivity index (χ2n) is 6.14. The molecule has 0 atom stereocenters. The molecule has 0 saturated carbocycles. The Hall–Kier alpha value is -1.71. The van der Waals surface area contributed by atoms with Gasteiger partial charge in [0.25, 0.3) is 0 Å². The molecule has 0 saturated heterocycles. The number of hydrogen-bond donors (Lipinski definition) is 3. The van der Waals surface area contributed by atoms with Crippen LogP contribution in [0.3, 0.4) is 0 Å². The number of hydrogen-bond acceptors (Lipinski definition) is 4. The Morgan fingerprint density at radius 3 is 2.28 bits per heavy atom. The number of aliphatic imine (C=N–C) groups is 1. The Bertz CT molecular complexity index is 410. The lowest BCUT2D eigenvalue weighted by Gasteiger charge is -2.19. The van der Waals surface area contributed by atoms with E-state index in [2.05, 4.69) is 25.7 Å². The zero-order chi connectivity index (χ0) is 19.3. The van der Waals surface area contributed by atoms with Crippen molar-refractivity contribution in [2.24, 2.45) is 4.99 Å². The average molecular weight is 370 g/mol. The van der Waals surface area contributed by atoms with Crippen LogP contribution in [0.15, 0.2) is 4.99 Å². The summed E-state index contributed by atoms with van der Waals surface area (Å²) in [4.78, 5) is 15.7. The second kappa shape index (κ2) is 11.8. The fourth-order valence-corrected chi connectivity index (χ4v) is 1.55. The molecule has 0 spiro atoms. The number of amides is 1. The molecule has 0 fully saturated rings. The van der Waals surface area contributed by atoms with Crippen molar-refractivity contribution in [3.63, 3.8) is 0 Å². The van der Waals surface area contributed by atoms with Gasteiger partial charge in [-0.3, -0.25) is 4.99 Å². The highest BCUT2D eigenvalue weighted by molar-refractivity contribution is 5.79. The van der Waals surface area contributed by atoms with Crippen LogP contribution in [0.1, 0.15) is 34.1 Å². The molecular weight excluding hydrogens is 341 g/mol. The summed E-state index contributed by atoms with van der Waals surface area (Å²) in [6, 6.07) is 0. The van der Waals surface area contributed by atoms with Crippen molar-refractivity contribution in [1.29, 1.82) is 0 Å². The number of alkyl carbamates (subject to hydrolysis) is 1. The molecule has 0 aromatic rings. The van der Waals surface area contributed by atoms with Crippen LogP contribution in [-0.2, 0) is 9.47 Å². The van der Waals surface area contributed by atoms with E-state index in [1.54, 1.807) is 20.8 Å². The highest BCUT2D eigenvalue weighted by atomic mass is 19.4. The van der Waals surface area contributed by atoms with E-state index in [-0.39, 0.29) is 6.61 Å². The zero-order valence-corrected chi connectivity index (χ0v) is 15.3. The lowest BCUT2D eigenvalue weighted by molar-refractivity contribution is -0.173. The monoisotopic (exact) mass is 370 g/mol. The van der Waals surface area contributed by atoms with Crippen LogP contribution in [0, 0.1) is 0 Å². The maximum absolute atomic E-state index is 11.9. The molecular formula is C15H29F3N4O3. The minimum atomic E-state index is -4.30. The van der Waals surface area contributed by atoms with Crippen LogP contribution in [0.5, 0.6) is 0 Å². The summed E-state index contributed by atoms with van der Waals surface area (Å²) in [5.74, 6) is 0.518. The van der Waals surface area contributed by atoms with Crippen LogP contribution in [0.25, 0.3) is 0 Å². The molecule has 3 N–H and O–H groups in total. The summed E-state index contributed by atoms with van der Waals surface area (Å²) in [6.45, 7) is 7.69. The minimum absolute atomic E-state index is 0.0113. The normalized spacial score (nSPS) is 12.7. The molecule has 10 heteroatoms. The van der Waals surface area contributed by atoms with Gasteiger partial charge in [-0.05, 0) is 34.1 Å². The summed E-state index contributed by atoms with van der Waals surface area (Å²) in [7, 11) is 0. The standard InChI is InChI=1S/C15H29F3N4O3/c1-5-19-12(20-7-6-10-24-11-15(16,17)18)21-8-9-22-13(23)25-14(2,3)4/h5-11H2,1-4H3,(H,22,23)(H2,19,20,21). The van der Waals surface area contributed by atoms with Gasteiger partial charge < -0.3 is 25.4 Å². The maximum atomic E-state index is 11.9. The molecule has 0 aromatic heterocycles. The Morgan fingerprint density at radius 1 is 1.08 bits per heavy atom. The van der Waals surface area contributed by atoms with Gasteiger partial charge in [0.15, 0.2) is 5.96 Å². The number of halogens is 3. The van der Waals surface area contributed by atoms with Gasteiger partial charge in [0.1, 0.15) is 12.2 Å². The van der Waals surface area contributed by atoms with E-state index in [0.29, 0.717) is 38.6 Å². The molecule has 1 amide bonds. The number of alkyl halides is 3. The maximum Gasteiger partial charge on any atom is 0.411 e. The molecule has 0 radical (unpaired) electrons. The van der Waals surface area contributed by atoms with Crippen molar-refractivity contribution in [3.8, 4) is 0 Å². The first-order chi connectivity index (χ1) is 11.5. The zero-order valence-electron chi connectivity index (χ0n) is 15.3. The van der Waals surface area contributed by atoms with Gasteiger partial charge in [-0.15, -0.1) is 0 Å². The summed E-state index contributed by atoms with van der Waals surface area (Å²) in [5, 5.41) is 8.60. The largest absolute Gasteiger partial charge is 0.444 e. The van der Waals surface area contributed by atoms with Crippen molar-refractivity contribution in [1.82, 2.24) is 16.0 Å². The molecule has 0 rings (SSSR count). The Balaban J connectivity index is 3.94. The van der Waals surface area contributed by atoms with Crippen molar-refractivity contribution in [2.75, 3.05) is 39.4 Å². The number of nitrogens with one attached hydrogen (secondary N) is 3. The van der Waals surface area contributed by atoms with Crippen LogP contribution >= 0.6 is 0 Å². The first kappa shape index (κ1) is 23.3. The molecule has 0 bridgehead atoms. The van der Waals surface area contributed by atoms with E-state index >= 15 is 0 Å². The smallest absolute Gasteiger partial charge is 0.411 e. The predicted molar refractivity (Wildman–Crippen MR) is 89.7 cm³/mol. The van der Waals surface area contributed by atoms with Crippen molar-refractivity contribution < 1.29 is 27.4 Å². The third kappa shape index (κ3) is 16.9. The van der Waals surface area contributed by atoms with Gasteiger partial charge in [-0.25, -0.2) is 4.79 Å². The van der Waals surface area contributed by atoms with E-state index in [0.717, 1.165) is 0 Å². The first-order valence-corrected chi connectivity index (χ1v) is 8.17. The van der Waals surface area contributed by atoms with Gasteiger partial charge in [-0.1, -0.05) is 0 Å². The average Bonchev–Trinajstić information content (AvgIpc) is 2.44. The Labute approximate surface area is 146 Å². The third-order valence-electron chi connectivity index (χ3n) is 2.41. The molecule has 0 aromatic carbocycles. The van der Waals surface area contributed by atoms with Gasteiger partial charge >= 0.3 is 12.3 Å². The quantitative estimate of drug-likeness (QED) is 0.329. The molecule has 7 nitrogen and oxygen atoms in total. The highest BCUT2D eigenvalue weighted by Crippen LogP contribution is 2.14. The number of ether oxygens (including phenoxy) is 2. The third-order valence-corrected chi connectivity index (χ3v) is 2.41. The lowest BCUT2D eigenvalue weighted by Crippen LogP contribution is -2.42. The molecule has 0 aliphatic carbocycles. The fraction of sp³-hybridized carbons (Fsp3) is 0.867. The lowest BCUT2D eigenvalue weighted by atomic mass is 10.2. The Kier molecular flexibility index (Phi) is 11.0. The number of carbonyl (C=O) groups excluding carboxylic acids is 1. The summed E-state index contributed by atoms with van der Waals surface area (Å²) in [5.41, 5.74) is -0.553. The van der Waals surface area contributed by atoms with Gasteiger partial charge in [-0.2, -0.15) is 13.2 Å². The molecule has 0 aliphatic rings. The fourth-order valence-electron chi connectivity index (χ4n) is 1.55. The number of guanidine groups is 1. The van der Waals surface area contributed by atoms with Crippen molar-refractivity contribution in [2.45, 2.75) is 45.9 Å². The molecule has 0 unspecified atom stereocenters. The van der Waals surface area contributed by atoms with Gasteiger partial charge in [0.2, 0.25) is 0 Å². The molecule has 25 heavy (non-hydrogen) atoms. The van der Waals surface area contributed by atoms with Gasteiger partial charge in [0, 0.05) is 32.8 Å². The SMILES string of the molecule is CCNC(=NCCCOCC(F)(F)F)NCCNC(=O)OC(C)(C)C. The predicted octanol–water partition coefficient (Wildman–Crippen LogP) is 2.04. The van der Waals surface area contributed by atoms with Gasteiger partial charge in [0.05, 0.1) is 0 Å². The number of rotatable bonds is 9. The van der Waals surface area contributed by atoms with Crippen molar-refractivity contribution >= 4 is 12.1 Å². The minimum Gasteiger partial charge on any atom is -0.444 e. The van der Waals surface area contributed by atoms with E-state index < -0.39 is 24.5 Å². The van der Waals surface area contributed by atoms with Crippen LogP contribution in [-0.4, -0.2) is 63.2 Å². The second-order valence-corrected chi connectivity index (χ2v) is 6.14. The summed E-state index contributed by atoms with van der Waals surface area (Å²) in [6.07, 6.45) is -4.43. The Morgan fingerprint density at radius 2 is 1.72 bits per heavy atom. The first-order valence-electron chi connectivity index (χ1n) is 8.17. The molecule has 148 valence electrons. The van der Waals surface area contributed by atoms with E-state index in [1.807, 2.05) is 6.92 Å². The summed E-state index contributed by atoms with van der Waals surface area (Å²) >= 11 is 0. The molecule has 0 heterocycles. The van der Waals surface area contributed by atoms with Crippen LogP contribution in [0.2, 0.25) is 0 Å². The van der Waals surface area contributed by atoms with Crippen LogP contribution < -0.4 is 16.0 Å². The van der Waals surface area contributed by atoms with Crippen molar-refractivity contribution in [3.05, 3.63) is 0 Å². The van der Waals surface area contributed by atoms with E-state index in [9.17, 15) is 18.0 Å². The topological polar surface area (TPSA) is 84.0 Å². The highest BCUT2D eigenvalue weighted by Gasteiger charge is 2.27. The number of carbonyl (C=O) groups is 1. The summed E-state index contributed by atoms with van der Waals surface area (Å²) < 4.78 is 45.3. The van der Waals surface area contributed by atoms with E-state index in [1.165, 1.54) is 0 Å². The van der Waals surface area contributed by atoms with Crippen LogP contribution in [0.4, 0.5) is 18.0 Å². The molecule has 0 aliphatic heterocycles. The number of nitrogens with zero attached hydrogens (tertiary/aromatic N) is 1.